The van der Waals surface area contributed by atoms with Gasteiger partial charge in [-0.05, 0) is 43.0 Å². The first kappa shape index (κ1) is 18.4. The topological polar surface area (TPSA) is 127 Å². The van der Waals surface area contributed by atoms with Gasteiger partial charge in [-0.3, -0.25) is 9.59 Å². The Morgan fingerprint density at radius 1 is 1.07 bits per heavy atom. The number of rotatable bonds is 6. The van der Waals surface area contributed by atoms with Crippen molar-refractivity contribution < 1.29 is 9.59 Å². The van der Waals surface area contributed by atoms with Crippen LogP contribution in [-0.4, -0.2) is 34.9 Å². The standard InChI is InChI=1S/C19H22N6O2/c20-15(26)9-6-13-4-7-14(8-5-13)23-19-17(18(21)27)22-12-16(24-19)25-10-2-1-3-11-25/h4-9,12H,1-3,10-11H2,(H2,20,26)(H2,21,27)(H,23,24). The van der Waals surface area contributed by atoms with E-state index in [-0.39, 0.29) is 5.69 Å². The molecule has 0 unspecified atom stereocenters. The summed E-state index contributed by atoms with van der Waals surface area (Å²) in [6.07, 6.45) is 7.95. The molecule has 27 heavy (non-hydrogen) atoms. The van der Waals surface area contributed by atoms with Crippen molar-refractivity contribution in [1.82, 2.24) is 9.97 Å². The maximum Gasteiger partial charge on any atom is 0.271 e. The summed E-state index contributed by atoms with van der Waals surface area (Å²) >= 11 is 0. The fourth-order valence-corrected chi connectivity index (χ4v) is 2.92. The van der Waals surface area contributed by atoms with Crippen molar-refractivity contribution in [2.24, 2.45) is 11.5 Å². The molecule has 0 spiro atoms. The van der Waals surface area contributed by atoms with Crippen LogP contribution in [0.25, 0.3) is 6.08 Å². The molecule has 1 aromatic carbocycles. The third-order valence-electron chi connectivity index (χ3n) is 4.29. The first-order chi connectivity index (χ1) is 13.0. The van der Waals surface area contributed by atoms with Crippen molar-refractivity contribution in [3.05, 3.63) is 47.8 Å². The second-order valence-electron chi connectivity index (χ2n) is 6.32. The van der Waals surface area contributed by atoms with Crippen molar-refractivity contribution in [2.75, 3.05) is 23.3 Å². The van der Waals surface area contributed by atoms with Crippen LogP contribution >= 0.6 is 0 Å². The summed E-state index contributed by atoms with van der Waals surface area (Å²) in [5.74, 6) is -0.0986. The molecule has 1 aliphatic rings. The molecule has 8 heteroatoms. The molecule has 2 amide bonds. The van der Waals surface area contributed by atoms with E-state index in [1.54, 1.807) is 24.4 Å². The van der Waals surface area contributed by atoms with E-state index in [1.807, 2.05) is 12.1 Å². The molecule has 140 valence electrons. The molecule has 5 N–H and O–H groups in total. The Morgan fingerprint density at radius 2 is 1.78 bits per heavy atom. The molecule has 1 aliphatic heterocycles. The molecule has 1 fully saturated rings. The molecule has 1 aromatic heterocycles. The van der Waals surface area contributed by atoms with Gasteiger partial charge < -0.3 is 21.7 Å². The van der Waals surface area contributed by atoms with Gasteiger partial charge in [0, 0.05) is 24.9 Å². The van der Waals surface area contributed by atoms with Gasteiger partial charge in [0.05, 0.1) is 6.20 Å². The summed E-state index contributed by atoms with van der Waals surface area (Å²) in [4.78, 5) is 33.5. The van der Waals surface area contributed by atoms with Crippen LogP contribution in [0, 0.1) is 0 Å². The first-order valence-corrected chi connectivity index (χ1v) is 8.79. The Morgan fingerprint density at radius 3 is 2.41 bits per heavy atom. The lowest BCUT2D eigenvalue weighted by molar-refractivity contribution is -0.113. The van der Waals surface area contributed by atoms with Crippen molar-refractivity contribution >= 4 is 35.2 Å². The molecule has 1 saturated heterocycles. The van der Waals surface area contributed by atoms with Crippen LogP contribution in [0.15, 0.2) is 36.5 Å². The highest BCUT2D eigenvalue weighted by Crippen LogP contribution is 2.23. The second kappa shape index (κ2) is 8.31. The molecule has 2 heterocycles. The summed E-state index contributed by atoms with van der Waals surface area (Å²) in [5.41, 5.74) is 12.2. The van der Waals surface area contributed by atoms with Crippen LogP contribution in [0.3, 0.4) is 0 Å². The molecule has 0 saturated carbocycles. The van der Waals surface area contributed by atoms with E-state index in [1.165, 1.54) is 12.5 Å². The van der Waals surface area contributed by atoms with E-state index in [0.717, 1.165) is 43.0 Å². The van der Waals surface area contributed by atoms with Crippen LogP contribution in [0.4, 0.5) is 17.3 Å². The van der Waals surface area contributed by atoms with Crippen LogP contribution in [0.2, 0.25) is 0 Å². The number of nitrogens with one attached hydrogen (secondary N) is 1. The molecular weight excluding hydrogens is 344 g/mol. The van der Waals surface area contributed by atoms with Crippen molar-refractivity contribution in [1.29, 1.82) is 0 Å². The van der Waals surface area contributed by atoms with Crippen molar-refractivity contribution in [3.8, 4) is 0 Å². The summed E-state index contributed by atoms with van der Waals surface area (Å²) < 4.78 is 0. The zero-order chi connectivity index (χ0) is 19.2. The number of carbonyl (C=O) groups excluding carboxylic acids is 2. The van der Waals surface area contributed by atoms with Gasteiger partial charge in [-0.1, -0.05) is 12.1 Å². The summed E-state index contributed by atoms with van der Waals surface area (Å²) in [5, 5.41) is 3.11. The van der Waals surface area contributed by atoms with Gasteiger partial charge in [-0.2, -0.15) is 0 Å². The number of hydrogen-bond donors (Lipinski definition) is 3. The number of amides is 2. The largest absolute Gasteiger partial charge is 0.366 e. The summed E-state index contributed by atoms with van der Waals surface area (Å²) in [7, 11) is 0. The van der Waals surface area contributed by atoms with Crippen molar-refractivity contribution in [2.45, 2.75) is 19.3 Å². The SMILES string of the molecule is NC(=O)C=Cc1ccc(Nc2nc(N3CCCCC3)cnc2C(N)=O)cc1. The number of nitrogens with two attached hydrogens (primary N) is 2. The first-order valence-electron chi connectivity index (χ1n) is 8.79. The lowest BCUT2D eigenvalue weighted by Gasteiger charge is -2.27. The predicted octanol–water partition coefficient (Wildman–Crippen LogP) is 1.81. The number of anilines is 3. The van der Waals surface area contributed by atoms with Gasteiger partial charge in [0.25, 0.3) is 5.91 Å². The predicted molar refractivity (Wildman–Crippen MR) is 105 cm³/mol. The van der Waals surface area contributed by atoms with Crippen LogP contribution in [-0.2, 0) is 4.79 Å². The summed E-state index contributed by atoms with van der Waals surface area (Å²) in [6, 6.07) is 7.24. The van der Waals surface area contributed by atoms with E-state index in [4.69, 9.17) is 11.5 Å². The minimum atomic E-state index is -0.642. The third kappa shape index (κ3) is 4.81. The normalized spacial score (nSPS) is 14.3. The van der Waals surface area contributed by atoms with E-state index < -0.39 is 11.8 Å². The van der Waals surface area contributed by atoms with Crippen LogP contribution < -0.4 is 21.7 Å². The number of carbonyl (C=O) groups is 2. The minimum absolute atomic E-state index is 0.0912. The van der Waals surface area contributed by atoms with E-state index >= 15 is 0 Å². The average Bonchev–Trinajstić information content (AvgIpc) is 2.68. The highest BCUT2D eigenvalue weighted by Gasteiger charge is 2.17. The Balaban J connectivity index is 1.83. The van der Waals surface area contributed by atoms with E-state index in [9.17, 15) is 9.59 Å². The molecule has 0 radical (unpaired) electrons. The van der Waals surface area contributed by atoms with Gasteiger partial charge >= 0.3 is 0 Å². The number of primary amides is 2. The van der Waals surface area contributed by atoms with Crippen molar-refractivity contribution in [3.63, 3.8) is 0 Å². The van der Waals surface area contributed by atoms with E-state index in [2.05, 4.69) is 20.2 Å². The Hall–Kier alpha value is -3.42. The number of aromatic nitrogens is 2. The minimum Gasteiger partial charge on any atom is -0.366 e. The van der Waals surface area contributed by atoms with Gasteiger partial charge in [0.2, 0.25) is 5.91 Å². The zero-order valence-corrected chi connectivity index (χ0v) is 14.9. The molecule has 0 aliphatic carbocycles. The Kier molecular flexibility index (Phi) is 5.65. The zero-order valence-electron chi connectivity index (χ0n) is 14.9. The number of hydrogen-bond acceptors (Lipinski definition) is 6. The molecule has 0 bridgehead atoms. The number of piperidine rings is 1. The smallest absolute Gasteiger partial charge is 0.271 e. The maximum absolute atomic E-state index is 11.7. The van der Waals surface area contributed by atoms with Gasteiger partial charge in [0.1, 0.15) is 5.82 Å². The van der Waals surface area contributed by atoms with E-state index in [0.29, 0.717) is 5.82 Å². The average molecular weight is 366 g/mol. The quantitative estimate of drug-likeness (QED) is 0.669. The molecule has 2 aromatic rings. The number of nitrogens with zero attached hydrogens (tertiary/aromatic N) is 3. The monoisotopic (exact) mass is 366 g/mol. The lowest BCUT2D eigenvalue weighted by Crippen LogP contribution is -2.30. The van der Waals surface area contributed by atoms with Crippen LogP contribution in [0.5, 0.6) is 0 Å². The Bertz CT molecular complexity index is 857. The van der Waals surface area contributed by atoms with Gasteiger partial charge in [-0.25, -0.2) is 9.97 Å². The van der Waals surface area contributed by atoms with Gasteiger partial charge in [0.15, 0.2) is 11.5 Å². The maximum atomic E-state index is 11.7. The van der Waals surface area contributed by atoms with Crippen LogP contribution in [0.1, 0.15) is 35.3 Å². The molecule has 3 rings (SSSR count). The third-order valence-corrected chi connectivity index (χ3v) is 4.29. The Labute approximate surface area is 157 Å². The highest BCUT2D eigenvalue weighted by molar-refractivity contribution is 5.96. The number of benzene rings is 1. The van der Waals surface area contributed by atoms with Gasteiger partial charge in [-0.15, -0.1) is 0 Å². The molecule has 0 atom stereocenters. The lowest BCUT2D eigenvalue weighted by atomic mass is 10.1. The fraction of sp³-hybridized carbons (Fsp3) is 0.263. The fourth-order valence-electron chi connectivity index (χ4n) is 2.92. The molecular formula is C19H22N6O2. The molecule has 8 nitrogen and oxygen atoms in total. The summed E-state index contributed by atoms with van der Waals surface area (Å²) in [6.45, 7) is 1.84. The second-order valence-corrected chi connectivity index (χ2v) is 6.32. The highest BCUT2D eigenvalue weighted by atomic mass is 16.1.